The van der Waals surface area contributed by atoms with E-state index in [9.17, 15) is 4.79 Å². The van der Waals surface area contributed by atoms with Crippen LogP contribution in [-0.4, -0.2) is 18.2 Å². The van der Waals surface area contributed by atoms with Crippen molar-refractivity contribution in [1.82, 2.24) is 0 Å². The van der Waals surface area contributed by atoms with Gasteiger partial charge in [0.05, 0.1) is 6.61 Å². The summed E-state index contributed by atoms with van der Waals surface area (Å²) in [5, 5.41) is 0. The van der Waals surface area contributed by atoms with Crippen molar-refractivity contribution >= 4 is 5.97 Å². The van der Waals surface area contributed by atoms with E-state index in [1.807, 2.05) is 19.1 Å². The molecule has 1 heterocycles. The number of hydrogen-bond acceptors (Lipinski definition) is 3. The van der Waals surface area contributed by atoms with Crippen LogP contribution in [0.15, 0.2) is 18.2 Å². The molecule has 2 rings (SSSR count). The molecule has 1 aromatic carbocycles. The fraction of sp³-hybridized carbons (Fsp3) is 0.533. The molecule has 0 fully saturated rings. The molecule has 0 saturated carbocycles. The zero-order valence-corrected chi connectivity index (χ0v) is 11.4. The molecule has 3 nitrogen and oxygen atoms in total. The van der Waals surface area contributed by atoms with Gasteiger partial charge in [0, 0.05) is 6.42 Å². The first-order valence-corrected chi connectivity index (χ1v) is 6.46. The molecule has 0 N–H and O–H groups in total. The van der Waals surface area contributed by atoms with E-state index in [-0.39, 0.29) is 5.97 Å². The van der Waals surface area contributed by atoms with Crippen LogP contribution in [0.3, 0.4) is 0 Å². The Morgan fingerprint density at radius 3 is 2.83 bits per heavy atom. The van der Waals surface area contributed by atoms with E-state index in [1.165, 1.54) is 0 Å². The van der Waals surface area contributed by atoms with Crippen LogP contribution < -0.4 is 4.74 Å². The van der Waals surface area contributed by atoms with Gasteiger partial charge in [0.15, 0.2) is 0 Å². The molecule has 1 aromatic rings. The van der Waals surface area contributed by atoms with Crippen LogP contribution in [0.2, 0.25) is 0 Å². The lowest BCUT2D eigenvalue weighted by Gasteiger charge is -2.22. The number of carbonyl (C=O) groups excluding carboxylic acids is 1. The van der Waals surface area contributed by atoms with Gasteiger partial charge in [-0.3, -0.25) is 0 Å². The summed E-state index contributed by atoms with van der Waals surface area (Å²) in [6, 6.07) is 6.10. The summed E-state index contributed by atoms with van der Waals surface area (Å²) < 4.78 is 11.0. The van der Waals surface area contributed by atoms with Crippen molar-refractivity contribution in [3.63, 3.8) is 0 Å². The molecule has 98 valence electrons. The van der Waals surface area contributed by atoms with Crippen LogP contribution in [0.1, 0.15) is 44.7 Å². The first-order valence-electron chi connectivity index (χ1n) is 6.46. The number of hydrogen-bond donors (Lipinski definition) is 0. The van der Waals surface area contributed by atoms with Crippen molar-refractivity contribution in [3.05, 3.63) is 29.3 Å². The SMILES string of the molecule is CCOC(=O)C1(C)Cc2cccc(C(C)C)c2O1. The molecule has 1 atom stereocenters. The van der Waals surface area contributed by atoms with Crippen LogP contribution in [0.25, 0.3) is 0 Å². The van der Waals surface area contributed by atoms with E-state index < -0.39 is 5.60 Å². The fourth-order valence-electron chi connectivity index (χ4n) is 2.35. The normalized spacial score (nSPS) is 21.6. The van der Waals surface area contributed by atoms with Crippen molar-refractivity contribution in [2.24, 2.45) is 0 Å². The smallest absolute Gasteiger partial charge is 0.350 e. The van der Waals surface area contributed by atoms with Crippen LogP contribution in [0.4, 0.5) is 0 Å². The Balaban J connectivity index is 2.32. The second kappa shape index (κ2) is 4.63. The minimum atomic E-state index is -0.872. The Hall–Kier alpha value is -1.51. The Bertz CT molecular complexity index is 465. The second-order valence-corrected chi connectivity index (χ2v) is 5.22. The number of para-hydroxylation sites is 1. The third kappa shape index (κ3) is 2.09. The zero-order valence-electron chi connectivity index (χ0n) is 11.4. The predicted molar refractivity (Wildman–Crippen MR) is 69.9 cm³/mol. The first kappa shape index (κ1) is 12.9. The van der Waals surface area contributed by atoms with E-state index in [2.05, 4.69) is 19.9 Å². The van der Waals surface area contributed by atoms with Gasteiger partial charge in [0.2, 0.25) is 5.60 Å². The number of carbonyl (C=O) groups is 1. The maximum Gasteiger partial charge on any atom is 0.350 e. The van der Waals surface area contributed by atoms with Crippen molar-refractivity contribution in [2.75, 3.05) is 6.61 Å². The van der Waals surface area contributed by atoms with Gasteiger partial charge in [-0.1, -0.05) is 32.0 Å². The third-order valence-corrected chi connectivity index (χ3v) is 3.31. The summed E-state index contributed by atoms with van der Waals surface area (Å²) in [5.74, 6) is 0.962. The summed E-state index contributed by atoms with van der Waals surface area (Å²) in [5.41, 5.74) is 1.38. The Morgan fingerprint density at radius 1 is 1.50 bits per heavy atom. The van der Waals surface area contributed by atoms with Crippen LogP contribution in [0, 0.1) is 0 Å². The second-order valence-electron chi connectivity index (χ2n) is 5.22. The number of fused-ring (bicyclic) bond motifs is 1. The van der Waals surface area contributed by atoms with Gasteiger partial charge in [0.25, 0.3) is 0 Å². The lowest BCUT2D eigenvalue weighted by atomic mass is 9.96. The molecule has 3 heteroatoms. The third-order valence-electron chi connectivity index (χ3n) is 3.31. The molecule has 1 aliphatic rings. The summed E-state index contributed by atoms with van der Waals surface area (Å²) in [7, 11) is 0. The van der Waals surface area contributed by atoms with Crippen LogP contribution in [0.5, 0.6) is 5.75 Å². The van der Waals surface area contributed by atoms with E-state index in [4.69, 9.17) is 9.47 Å². The van der Waals surface area contributed by atoms with Crippen molar-refractivity contribution in [3.8, 4) is 5.75 Å². The molecule has 0 spiro atoms. The Labute approximate surface area is 108 Å². The van der Waals surface area contributed by atoms with E-state index in [1.54, 1.807) is 6.92 Å². The minimum Gasteiger partial charge on any atom is -0.475 e. The molecule has 0 amide bonds. The standard InChI is InChI=1S/C15H20O3/c1-5-17-14(16)15(4)9-11-7-6-8-12(10(2)3)13(11)18-15/h6-8,10H,5,9H2,1-4H3. The molecule has 0 aliphatic carbocycles. The highest BCUT2D eigenvalue weighted by Crippen LogP contribution is 2.40. The van der Waals surface area contributed by atoms with Gasteiger partial charge in [-0.15, -0.1) is 0 Å². The van der Waals surface area contributed by atoms with Gasteiger partial charge < -0.3 is 9.47 Å². The Kier molecular flexibility index (Phi) is 3.33. The fourth-order valence-corrected chi connectivity index (χ4v) is 2.35. The molecule has 1 aliphatic heterocycles. The average molecular weight is 248 g/mol. The van der Waals surface area contributed by atoms with Gasteiger partial charge in [-0.2, -0.15) is 0 Å². The van der Waals surface area contributed by atoms with Gasteiger partial charge >= 0.3 is 5.97 Å². The van der Waals surface area contributed by atoms with E-state index >= 15 is 0 Å². The number of rotatable bonds is 3. The lowest BCUT2D eigenvalue weighted by Crippen LogP contribution is -2.41. The quantitative estimate of drug-likeness (QED) is 0.771. The summed E-state index contributed by atoms with van der Waals surface area (Å²) >= 11 is 0. The molecular weight excluding hydrogens is 228 g/mol. The van der Waals surface area contributed by atoms with Crippen LogP contribution in [-0.2, 0) is 16.0 Å². The predicted octanol–water partition coefficient (Wildman–Crippen LogP) is 3.07. The average Bonchev–Trinajstić information content (AvgIpc) is 2.66. The molecule has 1 unspecified atom stereocenters. The lowest BCUT2D eigenvalue weighted by molar-refractivity contribution is -0.158. The van der Waals surface area contributed by atoms with Crippen molar-refractivity contribution in [1.29, 1.82) is 0 Å². The summed E-state index contributed by atoms with van der Waals surface area (Å²) in [4.78, 5) is 12.0. The van der Waals surface area contributed by atoms with Gasteiger partial charge in [-0.05, 0) is 30.9 Å². The van der Waals surface area contributed by atoms with Gasteiger partial charge in [-0.25, -0.2) is 4.79 Å². The van der Waals surface area contributed by atoms with Gasteiger partial charge in [0.1, 0.15) is 5.75 Å². The van der Waals surface area contributed by atoms with Crippen molar-refractivity contribution in [2.45, 2.75) is 45.6 Å². The summed E-state index contributed by atoms with van der Waals surface area (Å²) in [6.07, 6.45) is 0.585. The summed E-state index contributed by atoms with van der Waals surface area (Å²) in [6.45, 7) is 8.24. The molecule has 18 heavy (non-hydrogen) atoms. The zero-order chi connectivity index (χ0) is 13.3. The molecule has 0 bridgehead atoms. The highest BCUT2D eigenvalue weighted by atomic mass is 16.6. The molecule has 0 radical (unpaired) electrons. The number of esters is 1. The largest absolute Gasteiger partial charge is 0.475 e. The van der Waals surface area contributed by atoms with Crippen molar-refractivity contribution < 1.29 is 14.3 Å². The van der Waals surface area contributed by atoms with E-state index in [0.717, 1.165) is 16.9 Å². The topological polar surface area (TPSA) is 35.5 Å². The molecule has 0 saturated heterocycles. The highest BCUT2D eigenvalue weighted by Gasteiger charge is 2.44. The number of benzene rings is 1. The molecule has 0 aromatic heterocycles. The monoisotopic (exact) mass is 248 g/mol. The molecular formula is C15H20O3. The minimum absolute atomic E-state index is 0.282. The maximum absolute atomic E-state index is 12.0. The number of ether oxygens (including phenoxy) is 2. The van der Waals surface area contributed by atoms with E-state index in [0.29, 0.717) is 18.9 Å². The van der Waals surface area contributed by atoms with Crippen LogP contribution >= 0.6 is 0 Å². The maximum atomic E-state index is 12.0. The highest BCUT2D eigenvalue weighted by molar-refractivity contribution is 5.81. The Morgan fingerprint density at radius 2 is 2.22 bits per heavy atom. The first-order chi connectivity index (χ1) is 8.48.